The predicted molar refractivity (Wildman–Crippen MR) is 80.1 cm³/mol. The monoisotopic (exact) mass is 296 g/mol. The van der Waals surface area contributed by atoms with Gasteiger partial charge in [-0.1, -0.05) is 12.8 Å². The van der Waals surface area contributed by atoms with Crippen LogP contribution in [0.25, 0.3) is 0 Å². The summed E-state index contributed by atoms with van der Waals surface area (Å²) < 4.78 is 11.0. The topological polar surface area (TPSA) is 59.6 Å². The van der Waals surface area contributed by atoms with Crippen molar-refractivity contribution in [2.45, 2.75) is 62.6 Å². The Bertz CT molecular complexity index is 369. The quantitative estimate of drug-likeness (QED) is 0.819. The zero-order chi connectivity index (χ0) is 14.7. The molecule has 1 aliphatic carbocycles. The molecule has 4 unspecified atom stereocenters. The Hall–Kier alpha value is -0.650. The van der Waals surface area contributed by atoms with Crippen molar-refractivity contribution in [2.75, 3.05) is 26.9 Å². The Kier molecular flexibility index (Phi) is 4.82. The molecule has 0 aromatic carbocycles. The molecule has 3 rings (SSSR count). The molecule has 5 heteroatoms. The normalized spacial score (nSPS) is 39.8. The molecule has 2 heterocycles. The number of nitrogens with one attached hydrogen (secondary N) is 2. The molecule has 0 spiro atoms. The van der Waals surface area contributed by atoms with Crippen LogP contribution in [0.2, 0.25) is 0 Å². The van der Waals surface area contributed by atoms with Gasteiger partial charge in [-0.15, -0.1) is 0 Å². The lowest BCUT2D eigenvalue weighted by Crippen LogP contribution is -2.56. The third kappa shape index (κ3) is 3.41. The highest BCUT2D eigenvalue weighted by Gasteiger charge is 2.38. The highest BCUT2D eigenvalue weighted by molar-refractivity contribution is 5.82. The number of carbonyl (C=O) groups is 1. The van der Waals surface area contributed by atoms with Crippen LogP contribution in [-0.2, 0) is 14.3 Å². The third-order valence-electron chi connectivity index (χ3n) is 5.55. The van der Waals surface area contributed by atoms with Gasteiger partial charge in [-0.2, -0.15) is 0 Å². The molecule has 2 aliphatic heterocycles. The Morgan fingerprint density at radius 2 is 2.19 bits per heavy atom. The molecule has 1 amide bonds. The first-order valence-corrected chi connectivity index (χ1v) is 8.39. The molecule has 1 saturated carbocycles. The summed E-state index contributed by atoms with van der Waals surface area (Å²) in [5.41, 5.74) is -0.322. The molecule has 120 valence electrons. The summed E-state index contributed by atoms with van der Waals surface area (Å²) in [6, 6.07) is 0.523. The van der Waals surface area contributed by atoms with Gasteiger partial charge >= 0.3 is 0 Å². The van der Waals surface area contributed by atoms with E-state index in [1.165, 1.54) is 32.1 Å². The zero-order valence-corrected chi connectivity index (χ0v) is 13.0. The van der Waals surface area contributed by atoms with Crippen LogP contribution in [0.1, 0.15) is 44.9 Å². The Morgan fingerprint density at radius 3 is 2.95 bits per heavy atom. The van der Waals surface area contributed by atoms with Crippen LogP contribution in [-0.4, -0.2) is 50.5 Å². The van der Waals surface area contributed by atoms with E-state index in [1.807, 2.05) is 0 Å². The molecule has 3 aliphatic rings. The number of rotatable bonds is 4. The van der Waals surface area contributed by atoms with E-state index in [0.717, 1.165) is 25.4 Å². The van der Waals surface area contributed by atoms with Crippen molar-refractivity contribution >= 4 is 5.91 Å². The number of fused-ring (bicyclic) bond motifs is 1. The SMILES string of the molecule is COC1(CNC(=O)C2CCC3CCCCC3N2)CCOC1. The second-order valence-electron chi connectivity index (χ2n) is 6.86. The molecule has 2 N–H and O–H groups in total. The number of amides is 1. The maximum Gasteiger partial charge on any atom is 0.237 e. The molecule has 4 atom stereocenters. The zero-order valence-electron chi connectivity index (χ0n) is 13.0. The van der Waals surface area contributed by atoms with E-state index in [1.54, 1.807) is 7.11 Å². The second-order valence-corrected chi connectivity index (χ2v) is 6.86. The third-order valence-corrected chi connectivity index (χ3v) is 5.55. The van der Waals surface area contributed by atoms with E-state index in [-0.39, 0.29) is 17.6 Å². The number of methoxy groups -OCH3 is 1. The van der Waals surface area contributed by atoms with Crippen molar-refractivity contribution in [1.82, 2.24) is 10.6 Å². The maximum absolute atomic E-state index is 12.4. The molecule has 0 bridgehead atoms. The van der Waals surface area contributed by atoms with Crippen molar-refractivity contribution in [2.24, 2.45) is 5.92 Å². The highest BCUT2D eigenvalue weighted by Crippen LogP contribution is 2.32. The van der Waals surface area contributed by atoms with Gasteiger partial charge in [0, 0.05) is 32.7 Å². The van der Waals surface area contributed by atoms with Gasteiger partial charge in [-0.25, -0.2) is 0 Å². The van der Waals surface area contributed by atoms with E-state index < -0.39 is 0 Å². The van der Waals surface area contributed by atoms with E-state index in [0.29, 0.717) is 19.2 Å². The summed E-state index contributed by atoms with van der Waals surface area (Å²) in [6.07, 6.45) is 8.22. The smallest absolute Gasteiger partial charge is 0.237 e. The Morgan fingerprint density at radius 1 is 1.33 bits per heavy atom. The van der Waals surface area contributed by atoms with Crippen molar-refractivity contribution in [1.29, 1.82) is 0 Å². The molecule has 0 aromatic rings. The van der Waals surface area contributed by atoms with Crippen LogP contribution in [0.3, 0.4) is 0 Å². The molecule has 0 aromatic heterocycles. The predicted octanol–water partition coefficient (Wildman–Crippen LogP) is 1.22. The van der Waals surface area contributed by atoms with E-state index >= 15 is 0 Å². The molecule has 3 fully saturated rings. The Balaban J connectivity index is 1.49. The lowest BCUT2D eigenvalue weighted by molar-refractivity contribution is -0.126. The van der Waals surface area contributed by atoms with Gasteiger partial charge in [0.15, 0.2) is 0 Å². The van der Waals surface area contributed by atoms with Crippen LogP contribution in [0, 0.1) is 5.92 Å². The van der Waals surface area contributed by atoms with Crippen molar-refractivity contribution in [3.8, 4) is 0 Å². The number of hydrogen-bond acceptors (Lipinski definition) is 4. The molecule has 21 heavy (non-hydrogen) atoms. The van der Waals surface area contributed by atoms with E-state index in [9.17, 15) is 4.79 Å². The van der Waals surface area contributed by atoms with Crippen LogP contribution < -0.4 is 10.6 Å². The van der Waals surface area contributed by atoms with Gasteiger partial charge in [0.2, 0.25) is 5.91 Å². The highest BCUT2D eigenvalue weighted by atomic mass is 16.5. The average molecular weight is 296 g/mol. The summed E-state index contributed by atoms with van der Waals surface area (Å²) in [7, 11) is 1.70. The van der Waals surface area contributed by atoms with Crippen molar-refractivity contribution in [3.05, 3.63) is 0 Å². The van der Waals surface area contributed by atoms with Gasteiger partial charge in [-0.3, -0.25) is 4.79 Å². The number of carbonyl (C=O) groups excluding carboxylic acids is 1. The van der Waals surface area contributed by atoms with Gasteiger partial charge in [0.05, 0.1) is 12.6 Å². The molecular formula is C16H28N2O3. The lowest BCUT2D eigenvalue weighted by Gasteiger charge is -2.40. The fourth-order valence-corrected chi connectivity index (χ4v) is 4.03. The lowest BCUT2D eigenvalue weighted by atomic mass is 9.77. The molecular weight excluding hydrogens is 268 g/mol. The maximum atomic E-state index is 12.4. The van der Waals surface area contributed by atoms with Crippen molar-refractivity contribution < 1.29 is 14.3 Å². The summed E-state index contributed by atoms with van der Waals surface area (Å²) in [5, 5.41) is 6.65. The first kappa shape index (κ1) is 15.3. The standard InChI is InChI=1S/C16H28N2O3/c1-20-16(8-9-21-11-16)10-17-15(19)14-7-6-12-4-2-3-5-13(12)18-14/h12-14,18H,2-11H2,1H3,(H,17,19). The number of hydrogen-bond donors (Lipinski definition) is 2. The first-order chi connectivity index (χ1) is 10.2. The van der Waals surface area contributed by atoms with Crippen LogP contribution in [0.5, 0.6) is 0 Å². The fraction of sp³-hybridized carbons (Fsp3) is 0.938. The summed E-state index contributed by atoms with van der Waals surface area (Å²) in [5.74, 6) is 0.915. The fourth-order valence-electron chi connectivity index (χ4n) is 4.03. The minimum absolute atomic E-state index is 0.0272. The Labute approximate surface area is 127 Å². The molecule has 0 radical (unpaired) electrons. The minimum atomic E-state index is -0.322. The van der Waals surface area contributed by atoms with E-state index in [4.69, 9.17) is 9.47 Å². The largest absolute Gasteiger partial charge is 0.378 e. The average Bonchev–Trinajstić information content (AvgIpc) is 3.01. The van der Waals surface area contributed by atoms with E-state index in [2.05, 4.69) is 10.6 Å². The van der Waals surface area contributed by atoms with Crippen LogP contribution >= 0.6 is 0 Å². The second kappa shape index (κ2) is 6.63. The summed E-state index contributed by atoms with van der Waals surface area (Å²) in [6.45, 7) is 1.84. The van der Waals surface area contributed by atoms with Gasteiger partial charge in [0.25, 0.3) is 0 Å². The van der Waals surface area contributed by atoms with Gasteiger partial charge in [0.1, 0.15) is 5.60 Å². The van der Waals surface area contributed by atoms with Gasteiger partial charge in [-0.05, 0) is 31.6 Å². The van der Waals surface area contributed by atoms with Crippen LogP contribution in [0.4, 0.5) is 0 Å². The minimum Gasteiger partial charge on any atom is -0.378 e. The van der Waals surface area contributed by atoms with Crippen LogP contribution in [0.15, 0.2) is 0 Å². The summed E-state index contributed by atoms with van der Waals surface area (Å²) in [4.78, 5) is 12.4. The number of ether oxygens (including phenoxy) is 2. The van der Waals surface area contributed by atoms with Crippen molar-refractivity contribution in [3.63, 3.8) is 0 Å². The summed E-state index contributed by atoms with van der Waals surface area (Å²) >= 11 is 0. The van der Waals surface area contributed by atoms with Gasteiger partial charge < -0.3 is 20.1 Å². The number of piperidine rings is 1. The molecule has 5 nitrogen and oxygen atoms in total. The molecule has 2 saturated heterocycles. The first-order valence-electron chi connectivity index (χ1n) is 8.39.